The Morgan fingerprint density at radius 1 is 1.32 bits per heavy atom. The first kappa shape index (κ1) is 21.0. The van der Waals surface area contributed by atoms with Crippen LogP contribution in [0.15, 0.2) is 48.8 Å². The highest BCUT2D eigenvalue weighted by Crippen LogP contribution is 2.44. The lowest BCUT2D eigenvalue weighted by molar-refractivity contribution is -0.173. The zero-order valence-electron chi connectivity index (χ0n) is 16.2. The van der Waals surface area contributed by atoms with Gasteiger partial charge in [0.1, 0.15) is 17.1 Å². The molecule has 0 spiro atoms. The quantitative estimate of drug-likeness (QED) is 0.554. The first-order valence-electron chi connectivity index (χ1n) is 9.24. The van der Waals surface area contributed by atoms with Gasteiger partial charge in [-0.05, 0) is 29.8 Å². The van der Waals surface area contributed by atoms with Gasteiger partial charge in [-0.25, -0.2) is 9.67 Å². The third kappa shape index (κ3) is 4.15. The van der Waals surface area contributed by atoms with Crippen LogP contribution in [0.1, 0.15) is 34.4 Å². The number of carbonyl (C=O) groups excluding carboxylic acids is 1. The fraction of sp³-hybridized carbons (Fsp3) is 0.250. The minimum Gasteiger partial charge on any atom is -0.497 e. The van der Waals surface area contributed by atoms with E-state index >= 15 is 0 Å². The zero-order chi connectivity index (χ0) is 22.2. The summed E-state index contributed by atoms with van der Waals surface area (Å²) in [5.74, 6) is -0.166. The van der Waals surface area contributed by atoms with E-state index in [9.17, 15) is 18.0 Å². The summed E-state index contributed by atoms with van der Waals surface area (Å²) in [5.41, 5.74) is 0.797. The van der Waals surface area contributed by atoms with E-state index in [1.807, 2.05) is 0 Å². The van der Waals surface area contributed by atoms with Crippen LogP contribution >= 0.6 is 11.6 Å². The van der Waals surface area contributed by atoms with Crippen LogP contribution < -0.4 is 15.4 Å². The molecule has 2 atom stereocenters. The number of benzene rings is 1. The van der Waals surface area contributed by atoms with E-state index in [0.717, 1.165) is 10.9 Å². The summed E-state index contributed by atoms with van der Waals surface area (Å²) in [6.07, 6.45) is -2.29. The average Bonchev–Trinajstić information content (AvgIpc) is 3.18. The maximum atomic E-state index is 13.8. The average molecular weight is 452 g/mol. The Morgan fingerprint density at radius 2 is 2.13 bits per heavy atom. The molecule has 2 aromatic heterocycles. The van der Waals surface area contributed by atoms with Gasteiger partial charge in [0.2, 0.25) is 0 Å². The number of amides is 1. The number of alkyl halides is 3. The summed E-state index contributed by atoms with van der Waals surface area (Å²) >= 11 is 5.96. The molecule has 1 aromatic carbocycles. The van der Waals surface area contributed by atoms with Gasteiger partial charge in [-0.2, -0.15) is 18.3 Å². The van der Waals surface area contributed by atoms with E-state index < -0.39 is 24.2 Å². The number of ether oxygens (including phenoxy) is 1. The summed E-state index contributed by atoms with van der Waals surface area (Å²) in [7, 11) is 1.48. The molecule has 31 heavy (non-hydrogen) atoms. The molecule has 1 aliphatic heterocycles. The normalized spacial score (nSPS) is 18.1. The molecule has 3 aromatic rings. The predicted molar refractivity (Wildman–Crippen MR) is 108 cm³/mol. The van der Waals surface area contributed by atoms with Crippen LogP contribution in [-0.4, -0.2) is 34.0 Å². The van der Waals surface area contributed by atoms with Crippen molar-refractivity contribution in [1.82, 2.24) is 14.8 Å². The summed E-state index contributed by atoms with van der Waals surface area (Å²) in [5, 5.41) is 9.51. The van der Waals surface area contributed by atoms with Gasteiger partial charge in [0.15, 0.2) is 11.2 Å². The molecular formula is C20H17ClF3N5O2. The number of hydrogen-bond donors (Lipinski definition) is 2. The van der Waals surface area contributed by atoms with Crippen molar-refractivity contribution >= 4 is 29.0 Å². The number of nitrogens with one attached hydrogen (secondary N) is 2. The standard InChI is InChI=1S/C20H17ClF3N5O2/c1-31-12-5-2-4-11(8-12)15-9-16(20(22,23)24)29-18(27-15)13(10-26-29)19(30)28-14-6-3-7-25-17(14)21/h2-8,10,15-16,27H,9H2,1H3,(H,28,30)/t15-,16+/m0/s1. The lowest BCUT2D eigenvalue weighted by atomic mass is 9.96. The Kier molecular flexibility index (Phi) is 5.48. The highest BCUT2D eigenvalue weighted by molar-refractivity contribution is 6.32. The zero-order valence-corrected chi connectivity index (χ0v) is 16.9. The Balaban J connectivity index is 1.71. The molecule has 0 radical (unpaired) electrons. The van der Waals surface area contributed by atoms with Crippen LogP contribution in [0.4, 0.5) is 24.7 Å². The summed E-state index contributed by atoms with van der Waals surface area (Å²) in [6.45, 7) is 0. The largest absolute Gasteiger partial charge is 0.497 e. The second-order valence-electron chi connectivity index (χ2n) is 6.91. The summed E-state index contributed by atoms with van der Waals surface area (Å²) < 4.78 is 47.5. The topological polar surface area (TPSA) is 81.1 Å². The molecule has 4 rings (SSSR count). The molecule has 2 N–H and O–H groups in total. The Hall–Kier alpha value is -3.27. The number of aromatic nitrogens is 3. The number of nitrogens with zero attached hydrogens (tertiary/aromatic N) is 3. The van der Waals surface area contributed by atoms with E-state index in [2.05, 4.69) is 20.7 Å². The number of fused-ring (bicyclic) bond motifs is 1. The van der Waals surface area contributed by atoms with Crippen LogP contribution in [0.25, 0.3) is 0 Å². The number of rotatable bonds is 4. The second kappa shape index (κ2) is 8.10. The van der Waals surface area contributed by atoms with Crippen molar-refractivity contribution in [3.8, 4) is 5.75 Å². The highest BCUT2D eigenvalue weighted by atomic mass is 35.5. The Bertz CT molecular complexity index is 1120. The van der Waals surface area contributed by atoms with Gasteiger partial charge in [-0.3, -0.25) is 4.79 Å². The molecule has 0 unspecified atom stereocenters. The van der Waals surface area contributed by atoms with Crippen LogP contribution in [0.3, 0.4) is 0 Å². The molecular weight excluding hydrogens is 435 g/mol. The maximum absolute atomic E-state index is 13.8. The minimum absolute atomic E-state index is 0.0288. The predicted octanol–water partition coefficient (Wildman–Crippen LogP) is 4.85. The second-order valence-corrected chi connectivity index (χ2v) is 7.27. The maximum Gasteiger partial charge on any atom is 0.410 e. The molecule has 0 saturated carbocycles. The molecule has 1 amide bonds. The molecule has 7 nitrogen and oxygen atoms in total. The van der Waals surface area contributed by atoms with Crippen molar-refractivity contribution < 1.29 is 22.7 Å². The SMILES string of the molecule is COc1cccc([C@@H]2C[C@H](C(F)(F)F)n3ncc(C(=O)Nc4cccnc4Cl)c3N2)c1. The van der Waals surface area contributed by atoms with Gasteiger partial charge in [0, 0.05) is 12.6 Å². The van der Waals surface area contributed by atoms with Crippen molar-refractivity contribution in [2.45, 2.75) is 24.7 Å². The van der Waals surface area contributed by atoms with Gasteiger partial charge in [-0.15, -0.1) is 0 Å². The molecule has 0 saturated heterocycles. The molecule has 0 fully saturated rings. The molecule has 11 heteroatoms. The molecule has 0 bridgehead atoms. The number of pyridine rings is 1. The van der Waals surface area contributed by atoms with Crippen molar-refractivity contribution in [2.24, 2.45) is 0 Å². The Labute approximate surface area is 180 Å². The first-order valence-corrected chi connectivity index (χ1v) is 9.62. The molecule has 3 heterocycles. The van der Waals surface area contributed by atoms with Gasteiger partial charge in [-0.1, -0.05) is 23.7 Å². The van der Waals surface area contributed by atoms with E-state index in [1.165, 1.54) is 19.4 Å². The van der Waals surface area contributed by atoms with Crippen molar-refractivity contribution in [3.63, 3.8) is 0 Å². The van der Waals surface area contributed by atoms with Crippen molar-refractivity contribution in [3.05, 3.63) is 65.1 Å². The van der Waals surface area contributed by atoms with Gasteiger partial charge in [0.05, 0.1) is 25.0 Å². The van der Waals surface area contributed by atoms with Crippen LogP contribution in [0.5, 0.6) is 5.75 Å². The number of carbonyl (C=O) groups is 1. The van der Waals surface area contributed by atoms with E-state index in [-0.39, 0.29) is 28.6 Å². The van der Waals surface area contributed by atoms with Gasteiger partial charge >= 0.3 is 6.18 Å². The van der Waals surface area contributed by atoms with E-state index in [0.29, 0.717) is 11.3 Å². The smallest absolute Gasteiger partial charge is 0.410 e. The lowest BCUT2D eigenvalue weighted by Gasteiger charge is -2.34. The molecule has 0 aliphatic carbocycles. The third-order valence-electron chi connectivity index (χ3n) is 4.99. The van der Waals surface area contributed by atoms with Crippen molar-refractivity contribution in [2.75, 3.05) is 17.7 Å². The monoisotopic (exact) mass is 451 g/mol. The highest BCUT2D eigenvalue weighted by Gasteiger charge is 2.47. The van der Waals surface area contributed by atoms with Crippen LogP contribution in [0, 0.1) is 0 Å². The molecule has 162 valence electrons. The third-order valence-corrected chi connectivity index (χ3v) is 5.29. The lowest BCUT2D eigenvalue weighted by Crippen LogP contribution is -2.36. The number of methoxy groups -OCH3 is 1. The van der Waals surface area contributed by atoms with E-state index in [4.69, 9.17) is 16.3 Å². The van der Waals surface area contributed by atoms with Gasteiger partial charge < -0.3 is 15.4 Å². The number of halogens is 4. The van der Waals surface area contributed by atoms with Crippen LogP contribution in [-0.2, 0) is 0 Å². The first-order chi connectivity index (χ1) is 14.8. The fourth-order valence-electron chi connectivity index (χ4n) is 3.47. The fourth-order valence-corrected chi connectivity index (χ4v) is 3.64. The van der Waals surface area contributed by atoms with Crippen molar-refractivity contribution in [1.29, 1.82) is 0 Å². The number of anilines is 2. The van der Waals surface area contributed by atoms with E-state index in [1.54, 1.807) is 30.3 Å². The Morgan fingerprint density at radius 3 is 2.84 bits per heavy atom. The summed E-state index contributed by atoms with van der Waals surface area (Å²) in [4.78, 5) is 16.7. The minimum atomic E-state index is -4.56. The van der Waals surface area contributed by atoms with Crippen LogP contribution in [0.2, 0.25) is 5.15 Å². The molecule has 1 aliphatic rings. The number of hydrogen-bond acceptors (Lipinski definition) is 5. The summed E-state index contributed by atoms with van der Waals surface area (Å²) in [6, 6.07) is 7.26. The van der Waals surface area contributed by atoms with Gasteiger partial charge in [0.25, 0.3) is 5.91 Å².